The third-order valence-corrected chi connectivity index (χ3v) is 31.8. The zero-order valence-electron chi connectivity index (χ0n) is 80.1. The lowest BCUT2D eigenvalue weighted by atomic mass is 9.96. The standard InChI is InChI=1S/C21H14N2O2S.C20H12N2O2S.C19H18Cl2N2O2S.C19H10N2O2S.C18H15N3O2S.C17H14N4O2S/c22-10-13-5-7-18(17-4-2-1-3-16(13)17)19-12-23-11-14-9-15(26-21(14)19)6-8-20(24)25;21-9-12-5-6-17(16-4-2-1-3-15(12)16)18-11-22-10-13-7-14(8-19(23)24)25-20(13)18;1-11-13-8-7-12(26-19(2,3)18(24)25)9-17(13)23(22-11)10-14-15(20)5-4-6-16(14)21;20-8-11-5-6-15(14-4-2-1-3-13(11)14)16-10-21-9-12-7-17(19(22)23)24-18(12)16;1-18(2,17(22)23)24-14-7-8-15-20-9-10-21(15)16(14)13-5-3-12(11-19)4-6-13;1-17(2,16(22)23)24-13-7-8-14-19-20-15(21(14)10-13)12-5-3-11(9-18)4-6-12/h1-5,7,9,11-12H,6,8H2,(H,24,25);1-7,10-11H,8H2,(H,23,24);4-9H,10H2,1-3H3,(H,24,25);1-7,9-10H,(H,22,23);3-10H,1-2H3,(H,22,23);3-8,10H,1-2H3,(H,22,23). The van der Waals surface area contributed by atoms with E-state index in [-0.39, 0.29) is 17.7 Å². The number of halogens is 2. The van der Waals surface area contributed by atoms with Crippen LogP contribution in [0.5, 0.6) is 0 Å². The van der Waals surface area contributed by atoms with Gasteiger partial charge in [0.2, 0.25) is 0 Å². The number of rotatable bonds is 22. The van der Waals surface area contributed by atoms with Crippen LogP contribution in [-0.4, -0.2) is 129 Å². The lowest BCUT2D eigenvalue weighted by Crippen LogP contribution is -2.27. The van der Waals surface area contributed by atoms with Gasteiger partial charge in [-0.25, -0.2) is 9.78 Å². The van der Waals surface area contributed by atoms with E-state index in [9.17, 15) is 65.0 Å². The van der Waals surface area contributed by atoms with Crippen molar-refractivity contribution in [3.05, 3.63) is 356 Å². The van der Waals surface area contributed by atoms with Crippen molar-refractivity contribution in [2.24, 2.45) is 0 Å². The Hall–Kier alpha value is -17.0. The Kier molecular flexibility index (Phi) is 31.9. The van der Waals surface area contributed by atoms with Crippen molar-refractivity contribution in [1.29, 1.82) is 26.3 Å². The summed E-state index contributed by atoms with van der Waals surface area (Å²) in [5.74, 6) is -4.52. The molecule has 736 valence electrons. The molecule has 0 aliphatic heterocycles. The number of carboxylic acids is 6. The molecule has 0 radical (unpaired) electrons. The van der Waals surface area contributed by atoms with Crippen LogP contribution in [0.25, 0.3) is 141 Å². The van der Waals surface area contributed by atoms with Crippen LogP contribution in [0, 0.1) is 63.6 Å². The number of carbonyl (C=O) groups is 6. The highest BCUT2D eigenvalue weighted by Crippen LogP contribution is 2.46. The molecule has 10 aromatic carbocycles. The van der Waals surface area contributed by atoms with Gasteiger partial charge in [0.05, 0.1) is 94.5 Å². The molecule has 0 amide bonds. The first kappa shape index (κ1) is 105. The van der Waals surface area contributed by atoms with Gasteiger partial charge in [-0.15, -0.1) is 79.5 Å². The molecular formula is C114H83Cl2N15O12S6. The predicted octanol–water partition coefficient (Wildman–Crippen LogP) is 27.0. The molecule has 27 nitrogen and oxygen atoms in total. The largest absolute Gasteiger partial charge is 0.481 e. The van der Waals surface area contributed by atoms with Gasteiger partial charge in [-0.2, -0.15) is 31.4 Å². The summed E-state index contributed by atoms with van der Waals surface area (Å²) in [6.45, 7) is 12.5. The average molecular weight is 2120 g/mol. The van der Waals surface area contributed by atoms with Crippen LogP contribution in [0.1, 0.15) is 106 Å². The summed E-state index contributed by atoms with van der Waals surface area (Å²) in [5, 5.41) is 125. The van der Waals surface area contributed by atoms with E-state index < -0.39 is 50.1 Å². The Labute approximate surface area is 886 Å². The highest BCUT2D eigenvalue weighted by Gasteiger charge is 2.33. The fourth-order valence-corrected chi connectivity index (χ4v) is 23.2. The van der Waals surface area contributed by atoms with Crippen molar-refractivity contribution >= 4 is 213 Å². The third-order valence-electron chi connectivity index (χ3n) is 23.9. The summed E-state index contributed by atoms with van der Waals surface area (Å²) in [4.78, 5) is 89.2. The fourth-order valence-electron chi connectivity index (χ4n) is 16.4. The number of aromatic nitrogens is 10. The van der Waals surface area contributed by atoms with E-state index in [0.29, 0.717) is 62.3 Å². The fraction of sp³-hybridized carbons (Fsp3) is 0.123. The average Bonchev–Trinajstić information content (AvgIpc) is 1.64. The number of carboxylic acid groups (broad SMARTS) is 6. The lowest BCUT2D eigenvalue weighted by Gasteiger charge is -2.21. The van der Waals surface area contributed by atoms with E-state index in [2.05, 4.69) is 65.6 Å². The Balaban J connectivity index is 0.000000127. The molecule has 11 aromatic heterocycles. The Morgan fingerprint density at radius 3 is 1.36 bits per heavy atom. The van der Waals surface area contributed by atoms with Gasteiger partial charge >= 0.3 is 35.8 Å². The van der Waals surface area contributed by atoms with Gasteiger partial charge in [0.25, 0.3) is 0 Å². The van der Waals surface area contributed by atoms with Crippen molar-refractivity contribution in [2.75, 3.05) is 0 Å². The van der Waals surface area contributed by atoms with Crippen LogP contribution in [0.2, 0.25) is 10.0 Å². The van der Waals surface area contributed by atoms with E-state index in [1.807, 2.05) is 227 Å². The first-order valence-corrected chi connectivity index (χ1v) is 51.2. The number of imidazole rings is 1. The molecule has 35 heteroatoms. The molecule has 6 N–H and O–H groups in total. The first-order chi connectivity index (χ1) is 71.5. The van der Waals surface area contributed by atoms with E-state index in [4.69, 9.17) is 43.9 Å². The Morgan fingerprint density at radius 1 is 0.423 bits per heavy atom. The smallest absolute Gasteiger partial charge is 0.345 e. The normalized spacial score (nSPS) is 11.2. The van der Waals surface area contributed by atoms with Crippen LogP contribution in [0.4, 0.5) is 0 Å². The zero-order valence-corrected chi connectivity index (χ0v) is 86.5. The summed E-state index contributed by atoms with van der Waals surface area (Å²) in [7, 11) is 0. The molecule has 0 atom stereocenters. The molecule has 149 heavy (non-hydrogen) atoms. The SMILES string of the molecule is CC(C)(Sc1ccc2nccn2c1-c1ccc(C#N)cc1)C(=O)O.CC(C)(Sc1ccc2nnc(-c3ccc(C#N)cc3)n2c1)C(=O)O.Cc1nn(Cc2c(Cl)cccc2Cl)c2cc(SC(C)(C)C(=O)O)ccc12.N#Cc1ccc(-c2cncc3cc(C(=O)O)sc23)c2ccccc12.N#Cc1ccc(-c2cncc3cc(CC(=O)O)sc23)c2ccccc12.N#Cc1ccc(-c2cncc3cc(CCC(=O)O)sc23)c2ccccc12. The summed E-state index contributed by atoms with van der Waals surface area (Å²) in [6.07, 6.45) is 16.7. The maximum absolute atomic E-state index is 11.5. The number of pyridine rings is 5. The van der Waals surface area contributed by atoms with Crippen molar-refractivity contribution in [2.45, 2.75) is 103 Å². The highest BCUT2D eigenvalue weighted by molar-refractivity contribution is 8.02. The number of hydrogen-bond acceptors (Lipinski definition) is 24. The molecule has 0 aliphatic carbocycles. The molecule has 0 unspecified atom stereocenters. The number of nitriles is 5. The number of fused-ring (bicyclic) bond motifs is 9. The number of thioether (sulfide) groups is 3. The number of thiophene rings is 3. The maximum atomic E-state index is 11.5. The number of aryl methyl sites for hydroxylation is 2. The molecule has 21 rings (SSSR count). The van der Waals surface area contributed by atoms with Crippen molar-refractivity contribution < 1.29 is 59.4 Å². The van der Waals surface area contributed by atoms with Crippen LogP contribution in [-0.2, 0) is 43.4 Å². The second-order valence-corrected chi connectivity index (χ2v) is 44.3. The summed E-state index contributed by atoms with van der Waals surface area (Å²) in [5.41, 5.74) is 15.6. The number of hydrogen-bond donors (Lipinski definition) is 6. The minimum Gasteiger partial charge on any atom is -0.481 e. The van der Waals surface area contributed by atoms with Crippen LogP contribution >= 0.6 is 92.5 Å². The van der Waals surface area contributed by atoms with Crippen LogP contribution in [0.15, 0.2) is 307 Å². The van der Waals surface area contributed by atoms with Crippen LogP contribution in [0.3, 0.4) is 0 Å². The summed E-state index contributed by atoms with van der Waals surface area (Å²) in [6, 6.07) is 84.1. The minimum absolute atomic E-state index is 0.00685. The maximum Gasteiger partial charge on any atom is 0.345 e. The van der Waals surface area contributed by atoms with Gasteiger partial charge in [0.15, 0.2) is 11.5 Å². The molecule has 0 saturated carbocycles. The van der Waals surface area contributed by atoms with Crippen molar-refractivity contribution in [3.8, 4) is 86.4 Å². The molecule has 21 aromatic rings. The number of aliphatic carboxylic acids is 5. The zero-order chi connectivity index (χ0) is 106. The van der Waals surface area contributed by atoms with Gasteiger partial charge in [-0.1, -0.05) is 132 Å². The minimum atomic E-state index is -0.963. The molecular weight excluding hydrogens is 2030 g/mol. The molecule has 0 bridgehead atoms. The van der Waals surface area contributed by atoms with E-state index in [0.717, 1.165) is 165 Å². The quantitative estimate of drug-likeness (QED) is 0.0343. The van der Waals surface area contributed by atoms with Gasteiger partial charge < -0.3 is 30.6 Å². The van der Waals surface area contributed by atoms with E-state index in [1.165, 1.54) is 58.0 Å². The van der Waals surface area contributed by atoms with Crippen molar-refractivity contribution in [1.82, 2.24) is 48.7 Å². The topological polar surface area (TPSA) is 447 Å². The summed E-state index contributed by atoms with van der Waals surface area (Å²) >= 11 is 20.8. The highest BCUT2D eigenvalue weighted by atomic mass is 35.5. The van der Waals surface area contributed by atoms with E-state index in [1.54, 1.807) is 138 Å². The molecule has 0 spiro atoms. The first-order valence-electron chi connectivity index (χ1n) is 45.6. The summed E-state index contributed by atoms with van der Waals surface area (Å²) < 4.78 is 5.79. The molecule has 11 heterocycles. The van der Waals surface area contributed by atoms with Gasteiger partial charge in [-0.3, -0.25) is 52.4 Å². The second-order valence-electron chi connectivity index (χ2n) is 35.1. The lowest BCUT2D eigenvalue weighted by molar-refractivity contribution is -0.139. The number of benzene rings is 10. The molecule has 0 saturated heterocycles. The number of aromatic carboxylic acids is 1. The predicted molar refractivity (Wildman–Crippen MR) is 587 cm³/mol. The third kappa shape index (κ3) is 23.4. The van der Waals surface area contributed by atoms with Crippen LogP contribution < -0.4 is 0 Å². The second kappa shape index (κ2) is 45.3. The number of nitrogens with zero attached hydrogens (tertiary/aromatic N) is 15. The van der Waals surface area contributed by atoms with Gasteiger partial charge in [0.1, 0.15) is 24.8 Å². The van der Waals surface area contributed by atoms with Crippen molar-refractivity contribution in [3.63, 3.8) is 0 Å². The monoisotopic (exact) mass is 2120 g/mol. The Morgan fingerprint density at radius 2 is 0.879 bits per heavy atom. The van der Waals surface area contributed by atoms with Gasteiger partial charge in [-0.05, 0) is 221 Å². The Bertz CT molecular complexity index is 9090. The molecule has 0 fully saturated rings. The molecule has 0 aliphatic rings. The van der Waals surface area contributed by atoms with Gasteiger partial charge in [0, 0.05) is 170 Å². The van der Waals surface area contributed by atoms with E-state index >= 15 is 0 Å².